The number of hydrogen-bond acceptors (Lipinski definition) is 3. The standard InChI is InChI=1S/C17H17N3O2/c1-12-16(22-13(2)19-12)11-18-17(21)14-5-7-15(8-6-14)20-9-3-4-10-20/h3-10H,11H2,1-2H3,(H,18,21). The average Bonchev–Trinajstić information content (AvgIpc) is 3.15. The van der Waals surface area contributed by atoms with Gasteiger partial charge in [0.25, 0.3) is 5.91 Å². The molecule has 0 unspecified atom stereocenters. The van der Waals surface area contributed by atoms with Gasteiger partial charge in [0.05, 0.1) is 12.2 Å². The molecule has 0 aliphatic carbocycles. The molecule has 0 atom stereocenters. The fourth-order valence-corrected chi connectivity index (χ4v) is 2.29. The number of aromatic nitrogens is 2. The van der Waals surface area contributed by atoms with Crippen LogP contribution in [0.15, 0.2) is 53.2 Å². The van der Waals surface area contributed by atoms with Gasteiger partial charge >= 0.3 is 0 Å². The quantitative estimate of drug-likeness (QED) is 0.805. The topological polar surface area (TPSA) is 60.1 Å². The Morgan fingerprint density at radius 2 is 1.86 bits per heavy atom. The van der Waals surface area contributed by atoms with Gasteiger partial charge in [0, 0.05) is 30.6 Å². The SMILES string of the molecule is Cc1nc(C)c(CNC(=O)c2ccc(-n3cccc3)cc2)o1. The molecular weight excluding hydrogens is 278 g/mol. The van der Waals surface area contributed by atoms with Crippen molar-refractivity contribution in [3.63, 3.8) is 0 Å². The third-order valence-corrected chi connectivity index (χ3v) is 3.44. The van der Waals surface area contributed by atoms with Crippen LogP contribution in [0.5, 0.6) is 0 Å². The number of aryl methyl sites for hydroxylation is 2. The van der Waals surface area contributed by atoms with Crippen LogP contribution in [-0.4, -0.2) is 15.5 Å². The molecule has 2 heterocycles. The monoisotopic (exact) mass is 295 g/mol. The summed E-state index contributed by atoms with van der Waals surface area (Å²) >= 11 is 0. The van der Waals surface area contributed by atoms with Gasteiger partial charge in [-0.05, 0) is 43.3 Å². The van der Waals surface area contributed by atoms with Gasteiger partial charge in [-0.1, -0.05) is 0 Å². The van der Waals surface area contributed by atoms with Gasteiger partial charge in [-0.3, -0.25) is 4.79 Å². The third-order valence-electron chi connectivity index (χ3n) is 3.44. The van der Waals surface area contributed by atoms with E-state index in [2.05, 4.69) is 10.3 Å². The molecule has 22 heavy (non-hydrogen) atoms. The van der Waals surface area contributed by atoms with Gasteiger partial charge in [-0.2, -0.15) is 0 Å². The van der Waals surface area contributed by atoms with Crippen molar-refractivity contribution in [1.82, 2.24) is 14.9 Å². The van der Waals surface area contributed by atoms with E-state index in [4.69, 9.17) is 4.42 Å². The largest absolute Gasteiger partial charge is 0.444 e. The zero-order valence-corrected chi connectivity index (χ0v) is 12.5. The maximum absolute atomic E-state index is 12.2. The molecule has 1 amide bonds. The Bertz CT molecular complexity index is 771. The number of amides is 1. The minimum Gasteiger partial charge on any atom is -0.444 e. The van der Waals surface area contributed by atoms with Crippen molar-refractivity contribution in [2.45, 2.75) is 20.4 Å². The summed E-state index contributed by atoms with van der Waals surface area (Å²) in [7, 11) is 0. The lowest BCUT2D eigenvalue weighted by molar-refractivity contribution is 0.0948. The summed E-state index contributed by atoms with van der Waals surface area (Å²) < 4.78 is 7.43. The number of nitrogens with one attached hydrogen (secondary N) is 1. The van der Waals surface area contributed by atoms with Gasteiger partial charge in [0.2, 0.25) is 0 Å². The normalized spacial score (nSPS) is 10.6. The molecule has 5 nitrogen and oxygen atoms in total. The summed E-state index contributed by atoms with van der Waals surface area (Å²) in [5.41, 5.74) is 2.44. The number of benzene rings is 1. The molecule has 3 rings (SSSR count). The van der Waals surface area contributed by atoms with E-state index < -0.39 is 0 Å². The second-order valence-electron chi connectivity index (χ2n) is 5.06. The molecule has 0 bridgehead atoms. The highest BCUT2D eigenvalue weighted by molar-refractivity contribution is 5.94. The zero-order valence-electron chi connectivity index (χ0n) is 12.5. The maximum Gasteiger partial charge on any atom is 0.251 e. The molecule has 0 saturated heterocycles. The number of carbonyl (C=O) groups excluding carboxylic acids is 1. The Balaban J connectivity index is 1.66. The van der Waals surface area contributed by atoms with Crippen molar-refractivity contribution in [2.24, 2.45) is 0 Å². The molecule has 0 aliphatic heterocycles. The van der Waals surface area contributed by atoms with E-state index in [1.165, 1.54) is 0 Å². The van der Waals surface area contributed by atoms with Gasteiger partial charge in [-0.25, -0.2) is 4.98 Å². The van der Waals surface area contributed by atoms with Crippen LogP contribution in [0.25, 0.3) is 5.69 Å². The van der Waals surface area contributed by atoms with Crippen LogP contribution in [0, 0.1) is 13.8 Å². The van der Waals surface area contributed by atoms with Crippen LogP contribution in [0.1, 0.15) is 27.7 Å². The fourth-order valence-electron chi connectivity index (χ4n) is 2.29. The molecule has 3 aromatic rings. The highest BCUT2D eigenvalue weighted by atomic mass is 16.4. The summed E-state index contributed by atoms with van der Waals surface area (Å²) in [6.07, 6.45) is 3.92. The fraction of sp³-hybridized carbons (Fsp3) is 0.176. The molecule has 5 heteroatoms. The number of hydrogen-bond donors (Lipinski definition) is 1. The first kappa shape index (κ1) is 14.1. The van der Waals surface area contributed by atoms with Crippen molar-refractivity contribution in [1.29, 1.82) is 0 Å². The first-order valence-corrected chi connectivity index (χ1v) is 7.08. The van der Waals surface area contributed by atoms with Crippen LogP contribution in [-0.2, 0) is 6.54 Å². The predicted molar refractivity (Wildman–Crippen MR) is 82.9 cm³/mol. The van der Waals surface area contributed by atoms with Crippen molar-refractivity contribution in [2.75, 3.05) is 0 Å². The Morgan fingerprint density at radius 1 is 1.18 bits per heavy atom. The van der Waals surface area contributed by atoms with E-state index >= 15 is 0 Å². The summed E-state index contributed by atoms with van der Waals surface area (Å²) in [6.45, 7) is 3.99. The van der Waals surface area contributed by atoms with E-state index in [0.717, 1.165) is 11.4 Å². The molecular formula is C17H17N3O2. The number of rotatable bonds is 4. The van der Waals surface area contributed by atoms with Gasteiger partial charge in [-0.15, -0.1) is 0 Å². The van der Waals surface area contributed by atoms with E-state index in [9.17, 15) is 4.79 Å². The summed E-state index contributed by atoms with van der Waals surface area (Å²) in [5.74, 6) is 1.17. The number of carbonyl (C=O) groups is 1. The maximum atomic E-state index is 12.2. The highest BCUT2D eigenvalue weighted by Gasteiger charge is 2.10. The Labute approximate surface area is 128 Å². The molecule has 0 spiro atoms. The van der Waals surface area contributed by atoms with Gasteiger partial charge < -0.3 is 14.3 Å². The van der Waals surface area contributed by atoms with E-state index in [0.29, 0.717) is 23.8 Å². The molecule has 1 aromatic carbocycles. The lowest BCUT2D eigenvalue weighted by Crippen LogP contribution is -2.22. The molecule has 0 aliphatic rings. The van der Waals surface area contributed by atoms with Crippen LogP contribution in [0.3, 0.4) is 0 Å². The Hall–Kier alpha value is -2.82. The number of nitrogens with zero attached hydrogens (tertiary/aromatic N) is 2. The molecule has 0 saturated carbocycles. The molecule has 2 aromatic heterocycles. The van der Waals surface area contributed by atoms with Crippen LogP contribution in [0.4, 0.5) is 0 Å². The van der Waals surface area contributed by atoms with Crippen LogP contribution < -0.4 is 5.32 Å². The minimum absolute atomic E-state index is 0.132. The summed E-state index contributed by atoms with van der Waals surface area (Å²) in [5, 5.41) is 2.84. The van der Waals surface area contributed by atoms with Gasteiger partial charge in [0.1, 0.15) is 5.76 Å². The molecule has 112 valence electrons. The molecule has 0 radical (unpaired) electrons. The lowest BCUT2D eigenvalue weighted by Gasteiger charge is -2.06. The van der Waals surface area contributed by atoms with Gasteiger partial charge in [0.15, 0.2) is 5.89 Å². The van der Waals surface area contributed by atoms with Crippen molar-refractivity contribution in [3.8, 4) is 5.69 Å². The smallest absolute Gasteiger partial charge is 0.251 e. The highest BCUT2D eigenvalue weighted by Crippen LogP contribution is 2.11. The third kappa shape index (κ3) is 2.93. The van der Waals surface area contributed by atoms with Crippen molar-refractivity contribution >= 4 is 5.91 Å². The summed E-state index contributed by atoms with van der Waals surface area (Å²) in [6, 6.07) is 11.4. The van der Waals surface area contributed by atoms with E-state index in [1.54, 1.807) is 6.92 Å². The first-order chi connectivity index (χ1) is 10.6. The van der Waals surface area contributed by atoms with E-state index in [1.807, 2.05) is 60.3 Å². The Kier molecular flexibility index (Phi) is 3.78. The lowest BCUT2D eigenvalue weighted by atomic mass is 10.2. The molecule has 0 fully saturated rings. The number of oxazole rings is 1. The van der Waals surface area contributed by atoms with Crippen LogP contribution >= 0.6 is 0 Å². The predicted octanol–water partition coefficient (Wildman–Crippen LogP) is 3.01. The van der Waals surface area contributed by atoms with Crippen molar-refractivity contribution in [3.05, 3.63) is 71.7 Å². The Morgan fingerprint density at radius 3 is 2.45 bits per heavy atom. The minimum atomic E-state index is -0.132. The second kappa shape index (κ2) is 5.89. The van der Waals surface area contributed by atoms with E-state index in [-0.39, 0.29) is 5.91 Å². The first-order valence-electron chi connectivity index (χ1n) is 7.08. The second-order valence-corrected chi connectivity index (χ2v) is 5.06. The molecule has 1 N–H and O–H groups in total. The van der Waals surface area contributed by atoms with Crippen LogP contribution in [0.2, 0.25) is 0 Å². The zero-order chi connectivity index (χ0) is 15.5. The average molecular weight is 295 g/mol. The summed E-state index contributed by atoms with van der Waals surface area (Å²) in [4.78, 5) is 16.3. The van der Waals surface area contributed by atoms with Crippen molar-refractivity contribution < 1.29 is 9.21 Å².